The first-order chi connectivity index (χ1) is 8.04. The Balaban J connectivity index is 2.63. The lowest BCUT2D eigenvalue weighted by atomic mass is 10.3. The van der Waals surface area contributed by atoms with Crippen molar-refractivity contribution in [2.24, 2.45) is 0 Å². The highest BCUT2D eigenvalue weighted by Crippen LogP contribution is 2.09. The predicted octanol–water partition coefficient (Wildman–Crippen LogP) is 0.325. The molecule has 0 atom stereocenters. The Morgan fingerprint density at radius 2 is 2.06 bits per heavy atom. The molecule has 94 valence electrons. The highest BCUT2D eigenvalue weighted by Gasteiger charge is 2.09. The quantitative estimate of drug-likeness (QED) is 0.800. The van der Waals surface area contributed by atoms with Gasteiger partial charge in [0.25, 0.3) is 0 Å². The van der Waals surface area contributed by atoms with Crippen LogP contribution in [0.3, 0.4) is 0 Å². The Morgan fingerprint density at radius 1 is 1.35 bits per heavy atom. The maximum Gasteiger partial charge on any atom is 0.241 e. The minimum Gasteiger partial charge on any atom is -0.350 e. The Bertz CT molecular complexity index is 361. The average molecular weight is 236 g/mol. The van der Waals surface area contributed by atoms with E-state index in [0.717, 1.165) is 17.9 Å². The summed E-state index contributed by atoms with van der Waals surface area (Å²) in [5, 5.41) is 3.07. The lowest BCUT2D eigenvalue weighted by molar-refractivity contribution is -0.127. The van der Waals surface area contributed by atoms with Gasteiger partial charge in [-0.2, -0.15) is 0 Å². The summed E-state index contributed by atoms with van der Waals surface area (Å²) in [4.78, 5) is 19.3. The van der Waals surface area contributed by atoms with Gasteiger partial charge in [0.05, 0.1) is 6.54 Å². The molecule has 17 heavy (non-hydrogen) atoms. The molecule has 1 rings (SSSR count). The Kier molecular flexibility index (Phi) is 4.90. The molecule has 5 nitrogen and oxygen atoms in total. The molecule has 1 aromatic heterocycles. The van der Waals surface area contributed by atoms with Crippen molar-refractivity contribution in [3.63, 3.8) is 0 Å². The number of pyridine rings is 1. The number of hydrogen-bond donors (Lipinski definition) is 1. The fourth-order valence-electron chi connectivity index (χ4n) is 1.38. The molecule has 0 saturated heterocycles. The summed E-state index contributed by atoms with van der Waals surface area (Å²) in [5.74, 6) is 0.869. The number of amides is 1. The highest BCUT2D eigenvalue weighted by atomic mass is 16.2. The van der Waals surface area contributed by atoms with Gasteiger partial charge in [0.15, 0.2) is 0 Å². The molecule has 0 bridgehead atoms. The molecule has 0 saturated carbocycles. The van der Waals surface area contributed by atoms with Crippen molar-refractivity contribution in [1.29, 1.82) is 0 Å². The van der Waals surface area contributed by atoms with Crippen molar-refractivity contribution in [2.45, 2.75) is 6.54 Å². The molecule has 1 aromatic rings. The summed E-state index contributed by atoms with van der Waals surface area (Å²) in [6.07, 6.45) is 1.82. The average Bonchev–Trinajstić information content (AvgIpc) is 2.30. The molecule has 0 aliphatic heterocycles. The van der Waals surface area contributed by atoms with Crippen LogP contribution in [0.5, 0.6) is 0 Å². The van der Waals surface area contributed by atoms with Crippen LogP contribution in [0.15, 0.2) is 18.3 Å². The van der Waals surface area contributed by atoms with E-state index in [1.807, 2.05) is 37.3 Å². The van der Waals surface area contributed by atoms with Crippen LogP contribution < -0.4 is 10.2 Å². The molecular weight excluding hydrogens is 216 g/mol. The third-order valence-corrected chi connectivity index (χ3v) is 2.45. The molecule has 0 aliphatic carbocycles. The van der Waals surface area contributed by atoms with Gasteiger partial charge in [-0.05, 0) is 18.7 Å². The van der Waals surface area contributed by atoms with Crippen LogP contribution in [0.4, 0.5) is 5.82 Å². The van der Waals surface area contributed by atoms with Crippen LogP contribution in [-0.4, -0.2) is 50.5 Å². The predicted molar refractivity (Wildman–Crippen MR) is 69.0 cm³/mol. The van der Waals surface area contributed by atoms with Gasteiger partial charge >= 0.3 is 0 Å². The van der Waals surface area contributed by atoms with E-state index in [9.17, 15) is 4.79 Å². The van der Waals surface area contributed by atoms with E-state index in [1.54, 1.807) is 19.0 Å². The minimum atomic E-state index is 0.0635. The van der Waals surface area contributed by atoms with Crippen LogP contribution >= 0.6 is 0 Å². The third kappa shape index (κ3) is 4.03. The fourth-order valence-corrected chi connectivity index (χ4v) is 1.38. The van der Waals surface area contributed by atoms with E-state index < -0.39 is 0 Å². The van der Waals surface area contributed by atoms with Crippen molar-refractivity contribution in [3.8, 4) is 0 Å². The van der Waals surface area contributed by atoms with E-state index in [1.165, 1.54) is 0 Å². The second kappa shape index (κ2) is 6.20. The van der Waals surface area contributed by atoms with E-state index >= 15 is 0 Å². The number of aromatic nitrogens is 1. The smallest absolute Gasteiger partial charge is 0.241 e. The van der Waals surface area contributed by atoms with E-state index in [0.29, 0.717) is 6.54 Å². The highest BCUT2D eigenvalue weighted by molar-refractivity contribution is 5.80. The normalized spacial score (nSPS) is 10.1. The van der Waals surface area contributed by atoms with Gasteiger partial charge in [-0.1, -0.05) is 6.07 Å². The van der Waals surface area contributed by atoms with Crippen LogP contribution in [0.25, 0.3) is 0 Å². The summed E-state index contributed by atoms with van der Waals surface area (Å²) in [5.41, 5.74) is 1.13. The third-order valence-electron chi connectivity index (χ3n) is 2.45. The summed E-state index contributed by atoms with van der Waals surface area (Å²) in [6.45, 7) is 1.14. The van der Waals surface area contributed by atoms with Gasteiger partial charge in [0.1, 0.15) is 5.82 Å². The summed E-state index contributed by atoms with van der Waals surface area (Å²) in [6, 6.07) is 3.94. The molecule has 0 radical (unpaired) electrons. The largest absolute Gasteiger partial charge is 0.350 e. The van der Waals surface area contributed by atoms with Gasteiger partial charge in [0.2, 0.25) is 5.91 Å². The zero-order valence-electron chi connectivity index (χ0n) is 10.9. The van der Waals surface area contributed by atoms with Crippen molar-refractivity contribution in [3.05, 3.63) is 23.9 Å². The Hall–Kier alpha value is -1.62. The van der Waals surface area contributed by atoms with Gasteiger partial charge < -0.3 is 15.1 Å². The molecule has 0 aliphatic rings. The molecular formula is C12H20N4O. The maximum absolute atomic E-state index is 11.5. The van der Waals surface area contributed by atoms with Crippen molar-refractivity contribution >= 4 is 11.7 Å². The topological polar surface area (TPSA) is 48.5 Å². The number of nitrogens with one attached hydrogen (secondary N) is 1. The number of carbonyl (C=O) groups is 1. The molecule has 5 heteroatoms. The van der Waals surface area contributed by atoms with E-state index in [4.69, 9.17) is 0 Å². The first-order valence-electron chi connectivity index (χ1n) is 5.55. The molecule has 0 spiro atoms. The summed E-state index contributed by atoms with van der Waals surface area (Å²) < 4.78 is 0. The first kappa shape index (κ1) is 13.4. The molecule has 0 aromatic carbocycles. The van der Waals surface area contributed by atoms with Crippen LogP contribution in [0.1, 0.15) is 5.56 Å². The first-order valence-corrected chi connectivity index (χ1v) is 5.55. The summed E-state index contributed by atoms with van der Waals surface area (Å²) in [7, 11) is 7.26. The number of carbonyl (C=O) groups excluding carboxylic acids is 1. The fraction of sp³-hybridized carbons (Fsp3) is 0.500. The van der Waals surface area contributed by atoms with Gasteiger partial charge in [-0.3, -0.25) is 4.79 Å². The SMILES string of the molecule is CNCc1ccc(N(C)CC(=O)N(C)C)nc1. The second-order valence-corrected chi connectivity index (χ2v) is 4.20. The number of hydrogen-bond acceptors (Lipinski definition) is 4. The van der Waals surface area contributed by atoms with E-state index in [2.05, 4.69) is 10.3 Å². The van der Waals surface area contributed by atoms with Crippen molar-refractivity contribution in [2.75, 3.05) is 39.6 Å². The molecule has 0 fully saturated rings. The van der Waals surface area contributed by atoms with Gasteiger partial charge in [-0.25, -0.2) is 4.98 Å². The van der Waals surface area contributed by atoms with Crippen molar-refractivity contribution in [1.82, 2.24) is 15.2 Å². The number of nitrogens with zero attached hydrogens (tertiary/aromatic N) is 3. The standard InChI is InChI=1S/C12H20N4O/c1-13-7-10-5-6-11(14-8-10)16(4)9-12(17)15(2)3/h5-6,8,13H,7,9H2,1-4H3. The molecule has 0 unspecified atom stereocenters. The number of anilines is 1. The molecule has 1 N–H and O–H groups in total. The second-order valence-electron chi connectivity index (χ2n) is 4.20. The summed E-state index contributed by atoms with van der Waals surface area (Å²) >= 11 is 0. The van der Waals surface area contributed by atoms with Crippen molar-refractivity contribution < 1.29 is 4.79 Å². The monoisotopic (exact) mass is 236 g/mol. The van der Waals surface area contributed by atoms with Gasteiger partial charge in [-0.15, -0.1) is 0 Å². The van der Waals surface area contributed by atoms with Crippen LogP contribution in [0, 0.1) is 0 Å². The Labute approximate surface area is 102 Å². The minimum absolute atomic E-state index is 0.0635. The van der Waals surface area contributed by atoms with Gasteiger partial charge in [0, 0.05) is 33.9 Å². The Morgan fingerprint density at radius 3 is 2.53 bits per heavy atom. The number of likely N-dealkylation sites (N-methyl/N-ethyl adjacent to an activating group) is 2. The molecule has 1 amide bonds. The lowest BCUT2D eigenvalue weighted by Gasteiger charge is -2.20. The zero-order chi connectivity index (χ0) is 12.8. The molecule has 1 heterocycles. The number of rotatable bonds is 5. The maximum atomic E-state index is 11.5. The van der Waals surface area contributed by atoms with Crippen LogP contribution in [0.2, 0.25) is 0 Å². The van der Waals surface area contributed by atoms with Crippen LogP contribution in [-0.2, 0) is 11.3 Å². The zero-order valence-corrected chi connectivity index (χ0v) is 10.9. The lowest BCUT2D eigenvalue weighted by Crippen LogP contribution is -2.34. The van der Waals surface area contributed by atoms with E-state index in [-0.39, 0.29) is 5.91 Å².